The van der Waals surface area contributed by atoms with Gasteiger partial charge in [-0.3, -0.25) is 4.98 Å². The van der Waals surface area contributed by atoms with Gasteiger partial charge in [-0.15, -0.1) is 0 Å². The van der Waals surface area contributed by atoms with E-state index in [4.69, 9.17) is 10.5 Å². The van der Waals surface area contributed by atoms with Gasteiger partial charge in [0.05, 0.1) is 13.2 Å². The summed E-state index contributed by atoms with van der Waals surface area (Å²) in [5.41, 5.74) is 6.86. The summed E-state index contributed by atoms with van der Waals surface area (Å²) in [6, 6.07) is 3.86. The van der Waals surface area contributed by atoms with Crippen LogP contribution in [0.4, 0.5) is 17.8 Å². The van der Waals surface area contributed by atoms with Crippen molar-refractivity contribution in [3.63, 3.8) is 0 Å². The Morgan fingerprint density at radius 2 is 1.90 bits per heavy atom. The van der Waals surface area contributed by atoms with E-state index in [1.807, 2.05) is 17.0 Å². The molecule has 3 N–H and O–H groups in total. The van der Waals surface area contributed by atoms with Crippen molar-refractivity contribution in [2.24, 2.45) is 0 Å². The number of ether oxygens (including phenoxy) is 1. The minimum atomic E-state index is 0.212. The average molecular weight is 287 g/mol. The lowest BCUT2D eigenvalue weighted by molar-refractivity contribution is 0.122. The molecule has 21 heavy (non-hydrogen) atoms. The van der Waals surface area contributed by atoms with Crippen LogP contribution in [0.5, 0.6) is 0 Å². The number of aromatic nitrogens is 4. The maximum Gasteiger partial charge on any atom is 0.232 e. The molecule has 0 atom stereocenters. The van der Waals surface area contributed by atoms with Gasteiger partial charge >= 0.3 is 0 Å². The van der Waals surface area contributed by atoms with Crippen molar-refractivity contribution < 1.29 is 4.74 Å². The fourth-order valence-electron chi connectivity index (χ4n) is 2.05. The monoisotopic (exact) mass is 287 g/mol. The minimum Gasteiger partial charge on any atom is -0.378 e. The van der Waals surface area contributed by atoms with Crippen molar-refractivity contribution in [3.05, 3.63) is 30.1 Å². The van der Waals surface area contributed by atoms with Crippen molar-refractivity contribution in [3.8, 4) is 0 Å². The zero-order valence-corrected chi connectivity index (χ0v) is 11.6. The number of hydrogen-bond donors (Lipinski definition) is 2. The van der Waals surface area contributed by atoms with E-state index in [9.17, 15) is 0 Å². The molecular formula is C13H17N7O. The van der Waals surface area contributed by atoms with E-state index < -0.39 is 0 Å². The van der Waals surface area contributed by atoms with Crippen LogP contribution < -0.4 is 16.0 Å². The van der Waals surface area contributed by atoms with Gasteiger partial charge in [0, 0.05) is 32.0 Å². The predicted octanol–water partition coefficient (Wildman–Crippen LogP) is 0.297. The molecule has 2 aromatic rings. The van der Waals surface area contributed by atoms with Crippen molar-refractivity contribution >= 4 is 17.8 Å². The van der Waals surface area contributed by atoms with Crippen molar-refractivity contribution in [2.75, 3.05) is 42.3 Å². The highest BCUT2D eigenvalue weighted by Gasteiger charge is 2.15. The predicted molar refractivity (Wildman–Crippen MR) is 78.8 cm³/mol. The fourth-order valence-corrected chi connectivity index (χ4v) is 2.05. The van der Waals surface area contributed by atoms with Crippen LogP contribution in [0.3, 0.4) is 0 Å². The maximum absolute atomic E-state index is 5.76. The van der Waals surface area contributed by atoms with Gasteiger partial charge < -0.3 is 20.7 Å². The van der Waals surface area contributed by atoms with Gasteiger partial charge in [0.2, 0.25) is 17.8 Å². The Labute approximate surface area is 122 Å². The number of rotatable bonds is 4. The van der Waals surface area contributed by atoms with Crippen LogP contribution in [0.2, 0.25) is 0 Å². The zero-order valence-electron chi connectivity index (χ0n) is 11.6. The maximum atomic E-state index is 5.76. The molecular weight excluding hydrogens is 270 g/mol. The molecule has 110 valence electrons. The summed E-state index contributed by atoms with van der Waals surface area (Å²) in [6.45, 7) is 3.46. The van der Waals surface area contributed by atoms with E-state index in [-0.39, 0.29) is 5.95 Å². The number of nitrogens with one attached hydrogen (secondary N) is 1. The van der Waals surface area contributed by atoms with E-state index in [2.05, 4.69) is 25.3 Å². The fraction of sp³-hybridized carbons (Fsp3) is 0.385. The Balaban J connectivity index is 1.71. The molecule has 0 amide bonds. The van der Waals surface area contributed by atoms with Crippen LogP contribution in [0.1, 0.15) is 5.56 Å². The second-order valence-electron chi connectivity index (χ2n) is 4.63. The topological polar surface area (TPSA) is 102 Å². The summed E-state index contributed by atoms with van der Waals surface area (Å²) in [7, 11) is 0. The van der Waals surface area contributed by atoms with Crippen LogP contribution >= 0.6 is 0 Å². The lowest BCUT2D eigenvalue weighted by atomic mass is 10.3. The number of pyridine rings is 1. The largest absolute Gasteiger partial charge is 0.378 e. The third kappa shape index (κ3) is 3.54. The average Bonchev–Trinajstić information content (AvgIpc) is 2.54. The van der Waals surface area contributed by atoms with E-state index in [1.165, 1.54) is 0 Å². The molecule has 1 aliphatic rings. The molecule has 1 fully saturated rings. The number of nitrogens with two attached hydrogens (primary N) is 1. The number of hydrogen-bond acceptors (Lipinski definition) is 8. The van der Waals surface area contributed by atoms with Crippen molar-refractivity contribution in [1.29, 1.82) is 0 Å². The van der Waals surface area contributed by atoms with E-state index >= 15 is 0 Å². The Bertz CT molecular complexity index is 586. The lowest BCUT2D eigenvalue weighted by Gasteiger charge is -2.26. The molecule has 8 nitrogen and oxygen atoms in total. The minimum absolute atomic E-state index is 0.212. The first-order valence-corrected chi connectivity index (χ1v) is 6.78. The zero-order chi connectivity index (χ0) is 14.5. The first-order valence-electron chi connectivity index (χ1n) is 6.78. The second-order valence-corrected chi connectivity index (χ2v) is 4.63. The highest BCUT2D eigenvalue weighted by molar-refractivity contribution is 5.42. The number of nitrogens with zero attached hydrogens (tertiary/aromatic N) is 5. The Morgan fingerprint density at radius 1 is 1.14 bits per heavy atom. The number of anilines is 3. The van der Waals surface area contributed by atoms with Gasteiger partial charge in [-0.05, 0) is 17.7 Å². The molecule has 1 saturated heterocycles. The molecule has 0 bridgehead atoms. The van der Waals surface area contributed by atoms with Crippen LogP contribution in [-0.4, -0.2) is 46.2 Å². The summed E-state index contributed by atoms with van der Waals surface area (Å²) >= 11 is 0. The van der Waals surface area contributed by atoms with Crippen LogP contribution in [0.25, 0.3) is 0 Å². The molecule has 0 saturated carbocycles. The van der Waals surface area contributed by atoms with Gasteiger partial charge in [-0.25, -0.2) is 0 Å². The molecule has 0 unspecified atom stereocenters. The van der Waals surface area contributed by atoms with Gasteiger partial charge in [0.15, 0.2) is 0 Å². The van der Waals surface area contributed by atoms with Gasteiger partial charge in [-0.1, -0.05) is 0 Å². The summed E-state index contributed by atoms with van der Waals surface area (Å²) in [6.07, 6.45) is 3.50. The molecule has 0 aliphatic carbocycles. The van der Waals surface area contributed by atoms with E-state index in [0.717, 1.165) is 18.7 Å². The third-order valence-corrected chi connectivity index (χ3v) is 3.13. The summed E-state index contributed by atoms with van der Waals surface area (Å²) < 4.78 is 5.32. The Hall–Kier alpha value is -2.48. The van der Waals surface area contributed by atoms with Crippen molar-refractivity contribution in [1.82, 2.24) is 19.9 Å². The smallest absolute Gasteiger partial charge is 0.232 e. The first kappa shape index (κ1) is 13.5. The molecule has 0 aromatic carbocycles. The standard InChI is InChI=1S/C13H17N7O/c14-11-17-12(16-9-10-1-3-15-4-2-10)19-13(18-11)20-5-7-21-8-6-20/h1-4H,5-9H2,(H3,14,16,17,18,19). The summed E-state index contributed by atoms with van der Waals surface area (Å²) in [5, 5.41) is 3.15. The van der Waals surface area contributed by atoms with Crippen LogP contribution in [0, 0.1) is 0 Å². The SMILES string of the molecule is Nc1nc(NCc2ccncc2)nc(N2CCOCC2)n1. The molecule has 3 rings (SSSR count). The normalized spacial score (nSPS) is 15.0. The Kier molecular flexibility index (Phi) is 4.06. The first-order chi connectivity index (χ1) is 10.3. The molecule has 1 aliphatic heterocycles. The molecule has 3 heterocycles. The molecule has 0 radical (unpaired) electrons. The molecule has 2 aromatic heterocycles. The Morgan fingerprint density at radius 3 is 2.67 bits per heavy atom. The number of nitrogen functional groups attached to an aromatic ring is 1. The summed E-state index contributed by atoms with van der Waals surface area (Å²) in [4.78, 5) is 18.7. The van der Waals surface area contributed by atoms with E-state index in [0.29, 0.717) is 31.7 Å². The van der Waals surface area contributed by atoms with Gasteiger partial charge in [0.25, 0.3) is 0 Å². The second kappa shape index (κ2) is 6.31. The van der Waals surface area contributed by atoms with E-state index in [1.54, 1.807) is 12.4 Å². The quantitative estimate of drug-likeness (QED) is 0.827. The third-order valence-electron chi connectivity index (χ3n) is 3.13. The number of morpholine rings is 1. The lowest BCUT2D eigenvalue weighted by Crippen LogP contribution is -2.37. The summed E-state index contributed by atoms with van der Waals surface area (Å²) in [5.74, 6) is 1.27. The molecule has 8 heteroatoms. The van der Waals surface area contributed by atoms with Crippen LogP contribution in [0.15, 0.2) is 24.5 Å². The van der Waals surface area contributed by atoms with Gasteiger partial charge in [0.1, 0.15) is 0 Å². The van der Waals surface area contributed by atoms with Crippen molar-refractivity contribution in [2.45, 2.75) is 6.54 Å². The molecule has 0 spiro atoms. The van der Waals surface area contributed by atoms with Gasteiger partial charge in [-0.2, -0.15) is 15.0 Å². The highest BCUT2D eigenvalue weighted by Crippen LogP contribution is 2.14. The van der Waals surface area contributed by atoms with Crippen LogP contribution in [-0.2, 0) is 11.3 Å². The highest BCUT2D eigenvalue weighted by atomic mass is 16.5.